The second-order valence-electron chi connectivity index (χ2n) is 8.39. The minimum absolute atomic E-state index is 0.500. The number of ether oxygens (including phenoxy) is 1. The number of aromatic nitrogens is 5. The van der Waals surface area contributed by atoms with Crippen LogP contribution in [0, 0.1) is 13.8 Å². The molecular weight excluding hydrogens is 466 g/mol. The molecule has 0 fully saturated rings. The molecule has 0 aliphatic carbocycles. The molecule has 4 aromatic rings. The summed E-state index contributed by atoms with van der Waals surface area (Å²) in [6.07, 6.45) is 4.32. The molecule has 35 heavy (non-hydrogen) atoms. The summed E-state index contributed by atoms with van der Waals surface area (Å²) in [7, 11) is 1.92. The van der Waals surface area contributed by atoms with E-state index in [4.69, 9.17) is 30.8 Å². The van der Waals surface area contributed by atoms with Gasteiger partial charge in [0, 0.05) is 24.0 Å². The first kappa shape index (κ1) is 23.2. The first-order chi connectivity index (χ1) is 17.0. The third-order valence-corrected chi connectivity index (χ3v) is 6.22. The van der Waals surface area contributed by atoms with Crippen LogP contribution in [0.4, 0.5) is 5.82 Å². The summed E-state index contributed by atoms with van der Waals surface area (Å²) in [5.41, 5.74) is 4.91. The molecule has 5 rings (SSSR count). The lowest BCUT2D eigenvalue weighted by molar-refractivity contribution is 0.310. The van der Waals surface area contributed by atoms with Crippen molar-refractivity contribution in [2.45, 2.75) is 33.4 Å². The van der Waals surface area contributed by atoms with E-state index in [9.17, 15) is 0 Å². The van der Waals surface area contributed by atoms with E-state index in [2.05, 4.69) is 25.3 Å². The molecule has 0 spiro atoms. The smallest absolute Gasteiger partial charge is 0.163 e. The lowest BCUT2D eigenvalue weighted by atomic mass is 10.1. The Balaban J connectivity index is 1.56. The maximum Gasteiger partial charge on any atom is 0.163 e. The maximum absolute atomic E-state index is 6.63. The highest BCUT2D eigenvalue weighted by Gasteiger charge is 2.25. The van der Waals surface area contributed by atoms with E-state index in [0.29, 0.717) is 41.9 Å². The fraction of sp³-hybridized carbons (Fsp3) is 0.320. The molecule has 3 aromatic heterocycles. The number of benzene rings is 1. The number of fused-ring (bicyclic) bond motifs is 1. The van der Waals surface area contributed by atoms with Gasteiger partial charge in [-0.3, -0.25) is 9.97 Å². The third kappa shape index (κ3) is 4.82. The van der Waals surface area contributed by atoms with Crippen molar-refractivity contribution in [2.75, 3.05) is 25.1 Å². The molecule has 1 aliphatic rings. The fourth-order valence-corrected chi connectivity index (χ4v) is 4.34. The number of hydrogen-bond acceptors (Lipinski definition) is 9. The standard InChI is InChI=1S/C25H26ClN7O2/c1-15-24(16(2)35-32-15)20-12-23(33-13-21-22(14-33)29-9-8-28-21)31-25(30-20)18-11-17(5-6-19(18)26)34-10-4-7-27-3/h5-6,8-9,11-12,27H,4,7,10,13-14H2,1-3H3. The van der Waals surface area contributed by atoms with Gasteiger partial charge in [0.05, 0.1) is 53.1 Å². The van der Waals surface area contributed by atoms with Crippen molar-refractivity contribution in [3.05, 3.63) is 64.5 Å². The minimum atomic E-state index is 0.500. The van der Waals surface area contributed by atoms with E-state index < -0.39 is 0 Å². The van der Waals surface area contributed by atoms with Crippen molar-refractivity contribution in [3.8, 4) is 28.4 Å². The first-order valence-corrected chi connectivity index (χ1v) is 11.8. The molecule has 0 unspecified atom stereocenters. The molecule has 4 heterocycles. The van der Waals surface area contributed by atoms with Crippen LogP contribution in [-0.2, 0) is 13.1 Å². The van der Waals surface area contributed by atoms with Gasteiger partial charge in [0.2, 0.25) is 0 Å². The van der Waals surface area contributed by atoms with Gasteiger partial charge in [-0.25, -0.2) is 9.97 Å². The molecule has 0 saturated carbocycles. The van der Waals surface area contributed by atoms with Gasteiger partial charge in [-0.15, -0.1) is 0 Å². The van der Waals surface area contributed by atoms with Gasteiger partial charge in [0.1, 0.15) is 17.3 Å². The summed E-state index contributed by atoms with van der Waals surface area (Å²) in [6, 6.07) is 7.52. The van der Waals surface area contributed by atoms with Gasteiger partial charge in [-0.05, 0) is 52.1 Å². The van der Waals surface area contributed by atoms with Crippen LogP contribution >= 0.6 is 11.6 Å². The molecule has 9 nitrogen and oxygen atoms in total. The Labute approximate surface area is 208 Å². The Morgan fingerprint density at radius 2 is 1.86 bits per heavy atom. The Morgan fingerprint density at radius 1 is 1.09 bits per heavy atom. The molecule has 0 saturated heterocycles. The van der Waals surface area contributed by atoms with Crippen LogP contribution in [0.25, 0.3) is 22.6 Å². The second-order valence-corrected chi connectivity index (χ2v) is 8.79. The summed E-state index contributed by atoms with van der Waals surface area (Å²) >= 11 is 6.63. The number of hydrogen-bond donors (Lipinski definition) is 1. The number of halogens is 1. The zero-order chi connectivity index (χ0) is 24.4. The van der Waals surface area contributed by atoms with E-state index in [-0.39, 0.29) is 0 Å². The molecular formula is C25H26ClN7O2. The SMILES string of the molecule is CNCCCOc1ccc(Cl)c(-c2nc(-c3c(C)noc3C)cc(N3Cc4nccnc4C3)n2)c1. The highest BCUT2D eigenvalue weighted by atomic mass is 35.5. The van der Waals surface area contributed by atoms with Crippen molar-refractivity contribution < 1.29 is 9.26 Å². The highest BCUT2D eigenvalue weighted by molar-refractivity contribution is 6.33. The van der Waals surface area contributed by atoms with Gasteiger partial charge in [0.15, 0.2) is 5.82 Å². The lowest BCUT2D eigenvalue weighted by Crippen LogP contribution is -2.17. The average molecular weight is 492 g/mol. The van der Waals surface area contributed by atoms with Crippen LogP contribution in [0.1, 0.15) is 29.3 Å². The molecule has 0 bridgehead atoms. The number of nitrogens with one attached hydrogen (secondary N) is 1. The monoisotopic (exact) mass is 491 g/mol. The summed E-state index contributed by atoms with van der Waals surface area (Å²) in [6.45, 7) is 6.49. The Morgan fingerprint density at radius 3 is 2.54 bits per heavy atom. The number of rotatable bonds is 8. The number of anilines is 1. The summed E-state index contributed by atoms with van der Waals surface area (Å²) in [5.74, 6) is 2.66. The molecule has 0 amide bonds. The van der Waals surface area contributed by atoms with Gasteiger partial charge in [-0.1, -0.05) is 16.8 Å². The van der Waals surface area contributed by atoms with Crippen molar-refractivity contribution in [3.63, 3.8) is 0 Å². The second kappa shape index (κ2) is 9.97. The summed E-state index contributed by atoms with van der Waals surface area (Å²) < 4.78 is 11.4. The zero-order valence-corrected chi connectivity index (χ0v) is 20.6. The van der Waals surface area contributed by atoms with E-state index >= 15 is 0 Å². The van der Waals surface area contributed by atoms with Crippen LogP contribution in [0.2, 0.25) is 5.02 Å². The molecule has 0 radical (unpaired) electrons. The maximum atomic E-state index is 6.63. The van der Waals surface area contributed by atoms with E-state index in [1.165, 1.54) is 0 Å². The first-order valence-electron chi connectivity index (χ1n) is 11.5. The van der Waals surface area contributed by atoms with Gasteiger partial charge >= 0.3 is 0 Å². The Kier molecular flexibility index (Phi) is 6.61. The van der Waals surface area contributed by atoms with Crippen molar-refractivity contribution >= 4 is 17.4 Å². The van der Waals surface area contributed by atoms with Crippen LogP contribution in [-0.4, -0.2) is 45.3 Å². The van der Waals surface area contributed by atoms with Crippen molar-refractivity contribution in [1.82, 2.24) is 30.4 Å². The van der Waals surface area contributed by atoms with Gasteiger partial charge in [-0.2, -0.15) is 0 Å². The molecule has 1 aromatic carbocycles. The largest absolute Gasteiger partial charge is 0.494 e. The fourth-order valence-electron chi connectivity index (χ4n) is 4.14. The van der Waals surface area contributed by atoms with E-state index in [0.717, 1.165) is 52.9 Å². The minimum Gasteiger partial charge on any atom is -0.494 e. The molecule has 1 aliphatic heterocycles. The molecule has 0 atom stereocenters. The number of aryl methyl sites for hydroxylation is 2. The van der Waals surface area contributed by atoms with Crippen LogP contribution in [0.3, 0.4) is 0 Å². The van der Waals surface area contributed by atoms with Gasteiger partial charge < -0.3 is 19.5 Å². The number of nitrogens with zero attached hydrogens (tertiary/aromatic N) is 6. The zero-order valence-electron chi connectivity index (χ0n) is 19.9. The summed E-state index contributed by atoms with van der Waals surface area (Å²) in [4.78, 5) is 20.9. The molecule has 10 heteroatoms. The molecule has 1 N–H and O–H groups in total. The quantitative estimate of drug-likeness (QED) is 0.360. The Bertz CT molecular complexity index is 1310. The predicted molar refractivity (Wildman–Crippen MR) is 133 cm³/mol. The normalized spacial score (nSPS) is 12.7. The molecule has 180 valence electrons. The highest BCUT2D eigenvalue weighted by Crippen LogP contribution is 2.35. The van der Waals surface area contributed by atoms with E-state index in [1.54, 1.807) is 12.4 Å². The lowest BCUT2D eigenvalue weighted by Gasteiger charge is -2.18. The summed E-state index contributed by atoms with van der Waals surface area (Å²) in [5, 5.41) is 7.78. The average Bonchev–Trinajstić information content (AvgIpc) is 3.45. The van der Waals surface area contributed by atoms with Crippen LogP contribution in [0.15, 0.2) is 41.2 Å². The van der Waals surface area contributed by atoms with Crippen LogP contribution < -0.4 is 15.0 Å². The van der Waals surface area contributed by atoms with Crippen LogP contribution in [0.5, 0.6) is 5.75 Å². The topological polar surface area (TPSA) is 102 Å². The van der Waals surface area contributed by atoms with Crippen molar-refractivity contribution in [2.24, 2.45) is 0 Å². The van der Waals surface area contributed by atoms with Gasteiger partial charge in [0.25, 0.3) is 0 Å². The Hall–Kier alpha value is -3.56. The van der Waals surface area contributed by atoms with Crippen molar-refractivity contribution in [1.29, 1.82) is 0 Å². The predicted octanol–water partition coefficient (Wildman–Crippen LogP) is 4.37. The third-order valence-electron chi connectivity index (χ3n) is 5.89. The van der Waals surface area contributed by atoms with E-state index in [1.807, 2.05) is 45.2 Å².